The molecule has 0 radical (unpaired) electrons. The summed E-state index contributed by atoms with van der Waals surface area (Å²) in [5, 5.41) is 11.1. The standard InChI is InChI=1S/C20H25NO3/c1-3-24-19(22)21-13-10-17-18(21)8-5-11-20(17,23)12-9-16-7-4-6-15(2)14-16/h4,6-7,14,17-18,23H,3,5,8,10-11,13H2,1-2H3/t17-,18-,20-/m1/s1. The Morgan fingerprint density at radius 3 is 3.04 bits per heavy atom. The number of hydrogen-bond acceptors (Lipinski definition) is 3. The molecule has 1 N–H and O–H groups in total. The fourth-order valence-corrected chi connectivity index (χ4v) is 4.03. The first-order valence-electron chi connectivity index (χ1n) is 8.79. The number of ether oxygens (including phenoxy) is 1. The van der Waals surface area contributed by atoms with E-state index in [9.17, 15) is 9.90 Å². The molecule has 1 saturated heterocycles. The number of rotatable bonds is 1. The van der Waals surface area contributed by atoms with Gasteiger partial charge in [0.1, 0.15) is 5.60 Å². The molecule has 1 saturated carbocycles. The molecular weight excluding hydrogens is 302 g/mol. The molecule has 2 aliphatic rings. The second kappa shape index (κ2) is 6.86. The highest BCUT2D eigenvalue weighted by atomic mass is 16.6. The molecule has 0 bridgehead atoms. The number of carbonyl (C=O) groups is 1. The van der Waals surface area contributed by atoms with Gasteiger partial charge in [-0.1, -0.05) is 24.0 Å². The SMILES string of the molecule is CCOC(=O)N1CC[C@@H]2[C@H]1CCC[C@@]2(O)C#Cc1cccc(C)c1. The van der Waals surface area contributed by atoms with Gasteiger partial charge in [-0.25, -0.2) is 4.79 Å². The van der Waals surface area contributed by atoms with E-state index in [1.54, 1.807) is 4.90 Å². The number of aryl methyl sites for hydroxylation is 1. The summed E-state index contributed by atoms with van der Waals surface area (Å²) in [6, 6.07) is 8.03. The molecule has 24 heavy (non-hydrogen) atoms. The molecule has 4 heteroatoms. The minimum absolute atomic E-state index is 0.00738. The lowest BCUT2D eigenvalue weighted by Gasteiger charge is -2.39. The van der Waals surface area contributed by atoms with E-state index in [2.05, 4.69) is 11.8 Å². The third-order valence-electron chi connectivity index (χ3n) is 5.16. The van der Waals surface area contributed by atoms with Crippen molar-refractivity contribution in [2.75, 3.05) is 13.2 Å². The van der Waals surface area contributed by atoms with Gasteiger partial charge >= 0.3 is 6.09 Å². The fraction of sp³-hybridized carbons (Fsp3) is 0.550. The van der Waals surface area contributed by atoms with Crippen LogP contribution in [0.2, 0.25) is 0 Å². The molecule has 1 amide bonds. The van der Waals surface area contributed by atoms with Crippen molar-refractivity contribution < 1.29 is 14.6 Å². The van der Waals surface area contributed by atoms with Gasteiger partial charge in [-0.15, -0.1) is 0 Å². The molecule has 4 nitrogen and oxygen atoms in total. The van der Waals surface area contributed by atoms with Crippen LogP contribution >= 0.6 is 0 Å². The van der Waals surface area contributed by atoms with Gasteiger partial charge in [-0.3, -0.25) is 0 Å². The summed E-state index contributed by atoms with van der Waals surface area (Å²) in [5.41, 5.74) is 1.06. The van der Waals surface area contributed by atoms with E-state index in [1.165, 1.54) is 0 Å². The molecule has 1 aromatic carbocycles. The van der Waals surface area contributed by atoms with Gasteiger partial charge in [0.2, 0.25) is 0 Å². The Hall–Kier alpha value is -1.99. The summed E-state index contributed by atoms with van der Waals surface area (Å²) in [4.78, 5) is 13.9. The van der Waals surface area contributed by atoms with Crippen molar-refractivity contribution in [1.82, 2.24) is 4.90 Å². The van der Waals surface area contributed by atoms with Gasteiger partial charge in [0.15, 0.2) is 0 Å². The number of aliphatic hydroxyl groups is 1. The minimum Gasteiger partial charge on any atom is -0.450 e. The van der Waals surface area contributed by atoms with E-state index in [4.69, 9.17) is 4.74 Å². The molecule has 0 aromatic heterocycles. The zero-order valence-corrected chi connectivity index (χ0v) is 14.4. The van der Waals surface area contributed by atoms with Crippen molar-refractivity contribution >= 4 is 6.09 Å². The van der Waals surface area contributed by atoms with Crippen molar-refractivity contribution in [2.24, 2.45) is 5.92 Å². The van der Waals surface area contributed by atoms with Gasteiger partial charge in [-0.2, -0.15) is 0 Å². The van der Waals surface area contributed by atoms with Crippen LogP contribution in [0.3, 0.4) is 0 Å². The number of nitrogens with zero attached hydrogens (tertiary/aromatic N) is 1. The van der Waals surface area contributed by atoms with E-state index in [0.29, 0.717) is 19.6 Å². The Morgan fingerprint density at radius 2 is 2.29 bits per heavy atom. The quantitative estimate of drug-likeness (QED) is 0.806. The van der Waals surface area contributed by atoms with Crippen molar-refractivity contribution in [1.29, 1.82) is 0 Å². The van der Waals surface area contributed by atoms with Gasteiger partial charge in [0.25, 0.3) is 0 Å². The Balaban J connectivity index is 1.80. The van der Waals surface area contributed by atoms with E-state index >= 15 is 0 Å². The van der Waals surface area contributed by atoms with Crippen LogP contribution in [0.25, 0.3) is 0 Å². The summed E-state index contributed by atoms with van der Waals surface area (Å²) >= 11 is 0. The van der Waals surface area contributed by atoms with E-state index in [1.807, 2.05) is 38.1 Å². The number of carbonyl (C=O) groups excluding carboxylic acids is 1. The van der Waals surface area contributed by atoms with Crippen LogP contribution in [0.5, 0.6) is 0 Å². The highest BCUT2D eigenvalue weighted by Gasteiger charge is 2.50. The van der Waals surface area contributed by atoms with Crippen molar-refractivity contribution in [3.8, 4) is 11.8 Å². The predicted molar refractivity (Wildman–Crippen MR) is 92.5 cm³/mol. The number of amides is 1. The van der Waals surface area contributed by atoms with Crippen LogP contribution < -0.4 is 0 Å². The molecule has 3 rings (SSSR count). The van der Waals surface area contributed by atoms with Crippen LogP contribution in [0.1, 0.15) is 43.7 Å². The third-order valence-corrected chi connectivity index (χ3v) is 5.16. The summed E-state index contributed by atoms with van der Waals surface area (Å²) in [6.45, 7) is 4.87. The largest absolute Gasteiger partial charge is 0.450 e. The summed E-state index contributed by atoms with van der Waals surface area (Å²) < 4.78 is 5.15. The molecule has 0 spiro atoms. The first-order valence-corrected chi connectivity index (χ1v) is 8.79. The lowest BCUT2D eigenvalue weighted by atomic mass is 9.73. The number of likely N-dealkylation sites (tertiary alicyclic amines) is 1. The minimum atomic E-state index is -1.02. The molecule has 1 aromatic rings. The molecule has 1 heterocycles. The molecule has 2 fully saturated rings. The van der Waals surface area contributed by atoms with Gasteiger partial charge in [0.05, 0.1) is 6.61 Å². The second-order valence-corrected chi connectivity index (χ2v) is 6.79. The summed E-state index contributed by atoms with van der Waals surface area (Å²) in [5.74, 6) is 6.28. The smallest absolute Gasteiger partial charge is 0.410 e. The van der Waals surface area contributed by atoms with Crippen LogP contribution in [0, 0.1) is 24.7 Å². The van der Waals surface area contributed by atoms with Crippen LogP contribution in [-0.4, -0.2) is 40.9 Å². The maximum Gasteiger partial charge on any atom is 0.410 e. The monoisotopic (exact) mass is 327 g/mol. The predicted octanol–water partition coefficient (Wildman–Crippen LogP) is 3.11. The summed E-state index contributed by atoms with van der Waals surface area (Å²) in [6.07, 6.45) is 2.97. The fourth-order valence-electron chi connectivity index (χ4n) is 4.03. The highest BCUT2D eigenvalue weighted by molar-refractivity contribution is 5.68. The lowest BCUT2D eigenvalue weighted by Crippen LogP contribution is -2.49. The van der Waals surface area contributed by atoms with E-state index in [0.717, 1.165) is 30.4 Å². The first-order chi connectivity index (χ1) is 11.5. The second-order valence-electron chi connectivity index (χ2n) is 6.79. The van der Waals surface area contributed by atoms with E-state index in [-0.39, 0.29) is 18.1 Å². The molecule has 3 atom stereocenters. The molecule has 1 aliphatic heterocycles. The Morgan fingerprint density at radius 1 is 1.46 bits per heavy atom. The number of benzene rings is 1. The molecule has 0 unspecified atom stereocenters. The summed E-state index contributed by atoms with van der Waals surface area (Å²) in [7, 11) is 0. The Bertz CT molecular complexity index is 675. The number of fused-ring (bicyclic) bond motifs is 1. The lowest BCUT2D eigenvalue weighted by molar-refractivity contribution is -0.0145. The Kier molecular flexibility index (Phi) is 4.82. The maximum absolute atomic E-state index is 12.1. The number of hydrogen-bond donors (Lipinski definition) is 1. The Labute approximate surface area is 143 Å². The van der Waals surface area contributed by atoms with Crippen LogP contribution in [-0.2, 0) is 4.74 Å². The normalized spacial score (nSPS) is 28.7. The maximum atomic E-state index is 12.1. The molecular formula is C20H25NO3. The first kappa shape index (κ1) is 16.9. The van der Waals surface area contributed by atoms with Crippen molar-refractivity contribution in [2.45, 2.75) is 51.2 Å². The average Bonchev–Trinajstić information content (AvgIpc) is 2.99. The molecule has 1 aliphatic carbocycles. The van der Waals surface area contributed by atoms with Crippen molar-refractivity contribution in [3.63, 3.8) is 0 Å². The van der Waals surface area contributed by atoms with Gasteiger partial charge in [-0.05, 0) is 57.2 Å². The van der Waals surface area contributed by atoms with E-state index < -0.39 is 5.60 Å². The van der Waals surface area contributed by atoms with Gasteiger partial charge < -0.3 is 14.7 Å². The van der Waals surface area contributed by atoms with Gasteiger partial charge in [0, 0.05) is 24.1 Å². The zero-order valence-electron chi connectivity index (χ0n) is 14.4. The third kappa shape index (κ3) is 3.27. The molecule has 128 valence electrons. The zero-order chi connectivity index (χ0) is 17.2. The van der Waals surface area contributed by atoms with Crippen molar-refractivity contribution in [3.05, 3.63) is 35.4 Å². The van der Waals surface area contributed by atoms with Crippen LogP contribution in [0.15, 0.2) is 24.3 Å². The highest BCUT2D eigenvalue weighted by Crippen LogP contribution is 2.42. The topological polar surface area (TPSA) is 49.8 Å². The average molecular weight is 327 g/mol. The van der Waals surface area contributed by atoms with Crippen LogP contribution in [0.4, 0.5) is 4.79 Å².